The molecule has 8 nitrogen and oxygen atoms in total. The lowest BCUT2D eigenvalue weighted by atomic mass is 10.1. The first-order chi connectivity index (χ1) is 9.61. The predicted molar refractivity (Wildman–Crippen MR) is 73.7 cm³/mol. The Morgan fingerprint density at radius 2 is 2.15 bits per heavy atom. The van der Waals surface area contributed by atoms with Crippen LogP contribution in [0.3, 0.4) is 0 Å². The number of para-hydroxylation sites is 1. The van der Waals surface area contributed by atoms with Crippen molar-refractivity contribution in [1.82, 2.24) is 10.2 Å². The molecule has 104 valence electrons. The Hall–Kier alpha value is -2.39. The van der Waals surface area contributed by atoms with Crippen molar-refractivity contribution in [3.63, 3.8) is 0 Å². The maximum atomic E-state index is 12.0. The number of nitrogens with zero attached hydrogens (tertiary/aromatic N) is 3. The number of nitro benzene ring substituents is 1. The van der Waals surface area contributed by atoms with Crippen molar-refractivity contribution >= 4 is 28.1 Å². The van der Waals surface area contributed by atoms with Crippen LogP contribution in [0.2, 0.25) is 0 Å². The largest absolute Gasteiger partial charge is 0.330 e. The molecule has 1 amide bonds. The van der Waals surface area contributed by atoms with Crippen LogP contribution in [0.1, 0.15) is 15.4 Å². The van der Waals surface area contributed by atoms with Gasteiger partial charge in [0.15, 0.2) is 0 Å². The monoisotopic (exact) mass is 293 g/mol. The van der Waals surface area contributed by atoms with Crippen molar-refractivity contribution in [2.75, 3.05) is 11.9 Å². The van der Waals surface area contributed by atoms with Crippen LogP contribution in [0.25, 0.3) is 0 Å². The van der Waals surface area contributed by atoms with Crippen LogP contribution in [-0.2, 0) is 6.42 Å². The summed E-state index contributed by atoms with van der Waals surface area (Å²) < 4.78 is 0. The second kappa shape index (κ2) is 6.17. The fourth-order valence-electron chi connectivity index (χ4n) is 1.52. The molecule has 0 spiro atoms. The summed E-state index contributed by atoms with van der Waals surface area (Å²) in [4.78, 5) is 22.3. The van der Waals surface area contributed by atoms with E-state index < -0.39 is 10.8 Å². The normalized spacial score (nSPS) is 10.2. The van der Waals surface area contributed by atoms with Gasteiger partial charge >= 0.3 is 0 Å². The second-order valence-electron chi connectivity index (χ2n) is 3.77. The Kier molecular flexibility index (Phi) is 4.33. The molecule has 1 aromatic heterocycles. The molecular weight excluding hydrogens is 282 g/mol. The van der Waals surface area contributed by atoms with E-state index in [9.17, 15) is 14.9 Å². The molecule has 0 radical (unpaired) electrons. The fraction of sp³-hybridized carbons (Fsp3) is 0.182. The average Bonchev–Trinajstić information content (AvgIpc) is 2.86. The van der Waals surface area contributed by atoms with Gasteiger partial charge in [0.2, 0.25) is 5.13 Å². The van der Waals surface area contributed by atoms with E-state index >= 15 is 0 Å². The minimum atomic E-state index is -0.602. The molecule has 1 heterocycles. The van der Waals surface area contributed by atoms with Crippen LogP contribution in [0.15, 0.2) is 24.3 Å². The molecule has 1 aromatic carbocycles. The van der Waals surface area contributed by atoms with E-state index in [-0.39, 0.29) is 16.4 Å². The van der Waals surface area contributed by atoms with Crippen molar-refractivity contribution in [2.24, 2.45) is 5.73 Å². The van der Waals surface area contributed by atoms with Gasteiger partial charge in [0.1, 0.15) is 10.6 Å². The highest BCUT2D eigenvalue weighted by Crippen LogP contribution is 2.21. The molecule has 20 heavy (non-hydrogen) atoms. The first-order valence-corrected chi connectivity index (χ1v) is 6.50. The van der Waals surface area contributed by atoms with Gasteiger partial charge in [0.25, 0.3) is 11.6 Å². The highest BCUT2D eigenvalue weighted by Gasteiger charge is 2.20. The summed E-state index contributed by atoms with van der Waals surface area (Å²) in [6, 6.07) is 5.71. The number of nitrogens with two attached hydrogens (primary N) is 1. The number of aromatic nitrogens is 2. The zero-order valence-electron chi connectivity index (χ0n) is 10.3. The molecule has 0 bridgehead atoms. The fourth-order valence-corrected chi connectivity index (χ4v) is 2.27. The van der Waals surface area contributed by atoms with Gasteiger partial charge in [0.05, 0.1) is 4.92 Å². The van der Waals surface area contributed by atoms with Gasteiger partial charge in [-0.25, -0.2) is 0 Å². The molecule has 0 saturated carbocycles. The number of carbonyl (C=O) groups is 1. The predicted octanol–water partition coefficient (Wildman–Crippen LogP) is 1.20. The zero-order chi connectivity index (χ0) is 14.5. The highest BCUT2D eigenvalue weighted by molar-refractivity contribution is 7.15. The minimum absolute atomic E-state index is 0.0203. The van der Waals surface area contributed by atoms with Gasteiger partial charge in [0, 0.05) is 12.5 Å². The Balaban J connectivity index is 2.17. The molecule has 0 aliphatic heterocycles. The van der Waals surface area contributed by atoms with Gasteiger partial charge in [-0.05, 0) is 12.6 Å². The molecule has 0 aliphatic carbocycles. The highest BCUT2D eigenvalue weighted by atomic mass is 32.1. The molecule has 3 N–H and O–H groups in total. The third-order valence-corrected chi connectivity index (χ3v) is 3.29. The van der Waals surface area contributed by atoms with E-state index in [0.29, 0.717) is 18.0 Å². The molecular formula is C11H11N5O3S. The van der Waals surface area contributed by atoms with Gasteiger partial charge < -0.3 is 5.73 Å². The Labute approximate surface area is 117 Å². The van der Waals surface area contributed by atoms with Gasteiger partial charge in [-0.2, -0.15) is 0 Å². The Bertz CT molecular complexity index is 642. The molecule has 0 atom stereocenters. The van der Waals surface area contributed by atoms with Crippen LogP contribution in [0.5, 0.6) is 0 Å². The molecule has 2 aromatic rings. The van der Waals surface area contributed by atoms with Gasteiger partial charge in [-0.15, -0.1) is 10.2 Å². The zero-order valence-corrected chi connectivity index (χ0v) is 11.1. The standard InChI is InChI=1S/C11H11N5O3S/c12-6-5-9-14-15-11(20-9)13-10(17)7-3-1-2-4-8(7)16(18)19/h1-4H,5-6,12H2,(H,13,15,17). The number of rotatable bonds is 5. The molecule has 0 saturated heterocycles. The summed E-state index contributed by atoms with van der Waals surface area (Å²) in [7, 11) is 0. The lowest BCUT2D eigenvalue weighted by molar-refractivity contribution is -0.385. The molecule has 0 aliphatic rings. The van der Waals surface area contributed by atoms with E-state index in [1.54, 1.807) is 6.07 Å². The Morgan fingerprint density at radius 1 is 1.40 bits per heavy atom. The number of amides is 1. The van der Waals surface area contributed by atoms with Gasteiger partial charge in [-0.1, -0.05) is 23.5 Å². The summed E-state index contributed by atoms with van der Waals surface area (Å²) in [6.45, 7) is 0.437. The number of anilines is 1. The van der Waals surface area contributed by atoms with Crippen LogP contribution in [0.4, 0.5) is 10.8 Å². The van der Waals surface area contributed by atoms with E-state index in [2.05, 4.69) is 15.5 Å². The van der Waals surface area contributed by atoms with E-state index in [0.717, 1.165) is 0 Å². The van der Waals surface area contributed by atoms with E-state index in [1.165, 1.54) is 29.5 Å². The number of carbonyl (C=O) groups excluding carboxylic acids is 1. The lowest BCUT2D eigenvalue weighted by Crippen LogP contribution is -2.13. The Morgan fingerprint density at radius 3 is 2.85 bits per heavy atom. The smallest absolute Gasteiger partial charge is 0.282 e. The molecule has 0 unspecified atom stereocenters. The van der Waals surface area contributed by atoms with Crippen molar-refractivity contribution in [3.05, 3.63) is 45.0 Å². The van der Waals surface area contributed by atoms with Crippen LogP contribution in [0, 0.1) is 10.1 Å². The maximum absolute atomic E-state index is 12.0. The van der Waals surface area contributed by atoms with Crippen molar-refractivity contribution < 1.29 is 9.72 Å². The summed E-state index contributed by atoms with van der Waals surface area (Å²) in [6.07, 6.45) is 0.568. The summed E-state index contributed by atoms with van der Waals surface area (Å²) >= 11 is 1.19. The molecule has 9 heteroatoms. The number of hydrogen-bond acceptors (Lipinski definition) is 7. The van der Waals surface area contributed by atoms with Crippen molar-refractivity contribution in [3.8, 4) is 0 Å². The first-order valence-electron chi connectivity index (χ1n) is 5.69. The average molecular weight is 293 g/mol. The minimum Gasteiger partial charge on any atom is -0.330 e. The molecule has 2 rings (SSSR count). The summed E-state index contributed by atoms with van der Waals surface area (Å²) in [5, 5.41) is 22.0. The van der Waals surface area contributed by atoms with Crippen molar-refractivity contribution in [2.45, 2.75) is 6.42 Å². The third-order valence-electron chi connectivity index (χ3n) is 2.39. The van der Waals surface area contributed by atoms with Gasteiger partial charge in [-0.3, -0.25) is 20.2 Å². The van der Waals surface area contributed by atoms with Crippen LogP contribution >= 0.6 is 11.3 Å². The molecule has 0 fully saturated rings. The SMILES string of the molecule is NCCc1nnc(NC(=O)c2ccccc2[N+](=O)[O-])s1. The lowest BCUT2D eigenvalue weighted by Gasteiger charge is -2.01. The number of nitro groups is 1. The van der Waals surface area contributed by atoms with Crippen molar-refractivity contribution in [1.29, 1.82) is 0 Å². The van der Waals surface area contributed by atoms with Crippen LogP contribution < -0.4 is 11.1 Å². The maximum Gasteiger partial charge on any atom is 0.282 e. The number of nitrogens with one attached hydrogen (secondary N) is 1. The number of hydrogen-bond donors (Lipinski definition) is 2. The third kappa shape index (κ3) is 3.13. The van der Waals surface area contributed by atoms with E-state index in [1.807, 2.05) is 0 Å². The summed E-state index contributed by atoms with van der Waals surface area (Å²) in [5.41, 5.74) is 5.12. The van der Waals surface area contributed by atoms with E-state index in [4.69, 9.17) is 5.73 Å². The second-order valence-corrected chi connectivity index (χ2v) is 4.83. The summed E-state index contributed by atoms with van der Waals surface area (Å²) in [5.74, 6) is -0.590. The van der Waals surface area contributed by atoms with Crippen LogP contribution in [-0.4, -0.2) is 27.6 Å². The topological polar surface area (TPSA) is 124 Å². The number of benzene rings is 1. The first kappa shape index (κ1) is 14.0. The quantitative estimate of drug-likeness (QED) is 0.630.